The Morgan fingerprint density at radius 2 is 1.92 bits per heavy atom. The van der Waals surface area contributed by atoms with Crippen molar-refractivity contribution in [2.45, 2.75) is 32.8 Å². The molecule has 1 rings (SSSR count). The van der Waals surface area contributed by atoms with Gasteiger partial charge in [0.15, 0.2) is 0 Å². The maximum Gasteiger partial charge on any atom is 0.119 e. The average molecular weight is 199 g/mol. The van der Waals surface area contributed by atoms with E-state index in [1.807, 2.05) is 24.3 Å². The van der Waals surface area contributed by atoms with Gasteiger partial charge in [0, 0.05) is 5.02 Å². The lowest BCUT2D eigenvalue weighted by atomic mass is 10.2. The molecule has 0 heterocycles. The van der Waals surface area contributed by atoms with E-state index in [0.29, 0.717) is 0 Å². The molecule has 0 radical (unpaired) electrons. The van der Waals surface area contributed by atoms with Crippen molar-refractivity contribution in [3.8, 4) is 5.75 Å². The van der Waals surface area contributed by atoms with E-state index in [1.54, 1.807) is 0 Å². The molecule has 0 bridgehead atoms. The molecule has 72 valence electrons. The first kappa shape index (κ1) is 10.4. The van der Waals surface area contributed by atoms with Gasteiger partial charge in [-0.3, -0.25) is 0 Å². The van der Waals surface area contributed by atoms with Gasteiger partial charge < -0.3 is 4.74 Å². The van der Waals surface area contributed by atoms with Crippen LogP contribution >= 0.6 is 11.6 Å². The molecule has 0 aromatic heterocycles. The highest BCUT2D eigenvalue weighted by Crippen LogP contribution is 2.17. The number of hydrogen-bond donors (Lipinski definition) is 0. The summed E-state index contributed by atoms with van der Waals surface area (Å²) in [6.07, 6.45) is 2.52. The smallest absolute Gasteiger partial charge is 0.119 e. The molecular formula is C11H15ClO. The predicted molar refractivity (Wildman–Crippen MR) is 56.5 cm³/mol. The van der Waals surface area contributed by atoms with E-state index >= 15 is 0 Å². The molecule has 0 saturated carbocycles. The standard InChI is InChI=1S/C11H15ClO/c1-3-4-9(2)13-11-7-5-10(12)6-8-11/h5-9H,3-4H2,1-2H3. The lowest BCUT2D eigenvalue weighted by Gasteiger charge is -2.13. The molecule has 1 unspecified atom stereocenters. The Bertz CT molecular complexity index is 243. The normalized spacial score (nSPS) is 12.5. The maximum absolute atomic E-state index is 5.75. The molecule has 0 fully saturated rings. The van der Waals surface area contributed by atoms with Gasteiger partial charge in [-0.2, -0.15) is 0 Å². The van der Waals surface area contributed by atoms with Gasteiger partial charge >= 0.3 is 0 Å². The summed E-state index contributed by atoms with van der Waals surface area (Å²) in [6, 6.07) is 7.48. The van der Waals surface area contributed by atoms with Gasteiger partial charge in [0.2, 0.25) is 0 Å². The predicted octanol–water partition coefficient (Wildman–Crippen LogP) is 3.91. The molecule has 0 aliphatic rings. The molecule has 13 heavy (non-hydrogen) atoms. The van der Waals surface area contributed by atoms with Crippen LogP contribution in [0.15, 0.2) is 24.3 Å². The molecule has 0 spiro atoms. The van der Waals surface area contributed by atoms with Crippen LogP contribution in [0.2, 0.25) is 5.02 Å². The minimum absolute atomic E-state index is 0.283. The molecule has 1 aromatic carbocycles. The Morgan fingerprint density at radius 1 is 1.31 bits per heavy atom. The van der Waals surface area contributed by atoms with E-state index in [2.05, 4.69) is 13.8 Å². The Labute approximate surface area is 84.7 Å². The Morgan fingerprint density at radius 3 is 2.46 bits per heavy atom. The highest BCUT2D eigenvalue weighted by molar-refractivity contribution is 6.30. The van der Waals surface area contributed by atoms with Crippen molar-refractivity contribution in [1.82, 2.24) is 0 Å². The number of benzene rings is 1. The molecule has 2 heteroatoms. The molecule has 0 N–H and O–H groups in total. The van der Waals surface area contributed by atoms with Gasteiger partial charge in [-0.25, -0.2) is 0 Å². The molecule has 1 nitrogen and oxygen atoms in total. The summed E-state index contributed by atoms with van der Waals surface area (Å²) >= 11 is 5.75. The van der Waals surface area contributed by atoms with E-state index < -0.39 is 0 Å². The number of rotatable bonds is 4. The lowest BCUT2D eigenvalue weighted by molar-refractivity contribution is 0.210. The van der Waals surface area contributed by atoms with Crippen molar-refractivity contribution < 1.29 is 4.74 Å². The summed E-state index contributed by atoms with van der Waals surface area (Å²) in [4.78, 5) is 0. The van der Waals surface area contributed by atoms with Crippen LogP contribution in [0.4, 0.5) is 0 Å². The van der Waals surface area contributed by atoms with Crippen molar-refractivity contribution in [2.24, 2.45) is 0 Å². The second kappa shape index (κ2) is 5.13. The van der Waals surface area contributed by atoms with Gasteiger partial charge in [-0.15, -0.1) is 0 Å². The van der Waals surface area contributed by atoms with Gasteiger partial charge in [0.1, 0.15) is 5.75 Å². The lowest BCUT2D eigenvalue weighted by Crippen LogP contribution is -2.10. The van der Waals surface area contributed by atoms with Crippen molar-refractivity contribution in [2.75, 3.05) is 0 Å². The van der Waals surface area contributed by atoms with Crippen molar-refractivity contribution in [3.05, 3.63) is 29.3 Å². The first-order valence-electron chi connectivity index (χ1n) is 4.64. The van der Waals surface area contributed by atoms with Gasteiger partial charge in [-0.05, 0) is 37.6 Å². The van der Waals surface area contributed by atoms with Crippen molar-refractivity contribution in [3.63, 3.8) is 0 Å². The van der Waals surface area contributed by atoms with Crippen LogP contribution in [0.5, 0.6) is 5.75 Å². The molecule has 0 amide bonds. The van der Waals surface area contributed by atoms with E-state index in [4.69, 9.17) is 16.3 Å². The summed E-state index contributed by atoms with van der Waals surface area (Å²) in [6.45, 7) is 4.24. The zero-order chi connectivity index (χ0) is 9.68. The van der Waals surface area contributed by atoms with E-state index in [-0.39, 0.29) is 6.10 Å². The SMILES string of the molecule is CCCC(C)Oc1ccc(Cl)cc1. The Hall–Kier alpha value is -0.690. The van der Waals surface area contributed by atoms with Crippen LogP contribution in [0, 0.1) is 0 Å². The summed E-state index contributed by atoms with van der Waals surface area (Å²) in [7, 11) is 0. The first-order chi connectivity index (χ1) is 6.22. The second-order valence-corrected chi connectivity index (χ2v) is 3.61. The summed E-state index contributed by atoms with van der Waals surface area (Å²) < 4.78 is 5.65. The molecule has 0 saturated heterocycles. The number of ether oxygens (including phenoxy) is 1. The van der Waals surface area contributed by atoms with Crippen molar-refractivity contribution >= 4 is 11.6 Å². The minimum atomic E-state index is 0.283. The van der Waals surface area contributed by atoms with Crippen LogP contribution in [-0.4, -0.2) is 6.10 Å². The zero-order valence-electron chi connectivity index (χ0n) is 8.09. The van der Waals surface area contributed by atoms with Crippen LogP contribution in [-0.2, 0) is 0 Å². The fourth-order valence-electron chi connectivity index (χ4n) is 1.21. The Balaban J connectivity index is 2.49. The molecule has 1 aromatic rings. The fraction of sp³-hybridized carbons (Fsp3) is 0.455. The van der Waals surface area contributed by atoms with Gasteiger partial charge in [0.05, 0.1) is 6.10 Å². The van der Waals surface area contributed by atoms with E-state index in [1.165, 1.54) is 0 Å². The van der Waals surface area contributed by atoms with Crippen LogP contribution in [0.3, 0.4) is 0 Å². The van der Waals surface area contributed by atoms with Gasteiger partial charge in [0.25, 0.3) is 0 Å². The van der Waals surface area contributed by atoms with Crippen LogP contribution in [0.25, 0.3) is 0 Å². The van der Waals surface area contributed by atoms with E-state index in [0.717, 1.165) is 23.6 Å². The highest BCUT2D eigenvalue weighted by atomic mass is 35.5. The molecule has 1 atom stereocenters. The van der Waals surface area contributed by atoms with Crippen LogP contribution < -0.4 is 4.74 Å². The molecular weight excluding hydrogens is 184 g/mol. The Kier molecular flexibility index (Phi) is 4.10. The van der Waals surface area contributed by atoms with Gasteiger partial charge in [-0.1, -0.05) is 24.9 Å². The minimum Gasteiger partial charge on any atom is -0.491 e. The third-order valence-electron chi connectivity index (χ3n) is 1.85. The summed E-state index contributed by atoms with van der Waals surface area (Å²) in [5, 5.41) is 0.746. The third kappa shape index (κ3) is 3.69. The third-order valence-corrected chi connectivity index (χ3v) is 2.10. The summed E-state index contributed by atoms with van der Waals surface area (Å²) in [5.41, 5.74) is 0. The van der Waals surface area contributed by atoms with Crippen molar-refractivity contribution in [1.29, 1.82) is 0 Å². The molecule has 0 aliphatic carbocycles. The number of hydrogen-bond acceptors (Lipinski definition) is 1. The monoisotopic (exact) mass is 198 g/mol. The number of halogens is 1. The maximum atomic E-state index is 5.75. The molecule has 0 aliphatic heterocycles. The topological polar surface area (TPSA) is 9.23 Å². The fourth-order valence-corrected chi connectivity index (χ4v) is 1.34. The van der Waals surface area contributed by atoms with E-state index in [9.17, 15) is 0 Å². The highest BCUT2D eigenvalue weighted by Gasteiger charge is 2.01. The zero-order valence-corrected chi connectivity index (χ0v) is 8.84. The van der Waals surface area contributed by atoms with Crippen LogP contribution in [0.1, 0.15) is 26.7 Å². The first-order valence-corrected chi connectivity index (χ1v) is 5.02. The largest absolute Gasteiger partial charge is 0.491 e. The average Bonchev–Trinajstić information content (AvgIpc) is 2.09. The second-order valence-electron chi connectivity index (χ2n) is 3.17. The summed E-state index contributed by atoms with van der Waals surface area (Å²) in [5.74, 6) is 0.894. The quantitative estimate of drug-likeness (QED) is 0.713.